The number of amides is 1. The molecule has 0 radical (unpaired) electrons. The van der Waals surface area contributed by atoms with E-state index in [2.05, 4.69) is 53.8 Å². The van der Waals surface area contributed by atoms with Gasteiger partial charge in [0.05, 0.1) is 0 Å². The Balaban J connectivity index is 3.44. The molecule has 1 atom stereocenters. The summed E-state index contributed by atoms with van der Waals surface area (Å²) >= 11 is 0. The number of carbonyl (C=O) groups is 1. The first kappa shape index (κ1) is 23.5. The van der Waals surface area contributed by atoms with Crippen molar-refractivity contribution in [1.82, 2.24) is 5.32 Å². The molecule has 0 heterocycles. The Labute approximate surface area is 152 Å². The molecule has 0 aliphatic rings. The number of hydrogen-bond donors (Lipinski definition) is 1. The van der Waals surface area contributed by atoms with E-state index >= 15 is 0 Å². The minimum atomic E-state index is 0.244. The van der Waals surface area contributed by atoms with Gasteiger partial charge in [0.1, 0.15) is 0 Å². The number of hydrogen-bond acceptors (Lipinski definition) is 1. The maximum absolute atomic E-state index is 11.8. The number of carbonyl (C=O) groups excluding carboxylic acids is 1. The Morgan fingerprint density at radius 2 is 1.46 bits per heavy atom. The number of nitrogens with one attached hydrogen (secondary N) is 1. The summed E-state index contributed by atoms with van der Waals surface area (Å²) in [5, 5.41) is 3.08. The maximum atomic E-state index is 11.8. The van der Waals surface area contributed by atoms with Crippen LogP contribution >= 0.6 is 0 Å². The molecule has 24 heavy (non-hydrogen) atoms. The van der Waals surface area contributed by atoms with Crippen LogP contribution in [-0.2, 0) is 4.79 Å². The predicted octanol–water partition coefficient (Wildman–Crippen LogP) is 6.73. The monoisotopic (exact) mass is 339 g/mol. The number of unbranched alkanes of at least 4 members (excludes halogenated alkanes) is 4. The van der Waals surface area contributed by atoms with Crippen molar-refractivity contribution in [3.8, 4) is 0 Å². The highest BCUT2D eigenvalue weighted by Gasteiger charge is 2.14. The van der Waals surface area contributed by atoms with Gasteiger partial charge < -0.3 is 5.32 Å². The number of rotatable bonds is 12. The standard InChI is InChI=1S/C22H45NO/c1-19(18-22(5,6)7)14-11-13-17-23-20(24)15-10-8-9-12-16-21(2,3)4/h19H,8-18H2,1-7H3,(H,23,24). The van der Waals surface area contributed by atoms with Crippen molar-refractivity contribution in [1.29, 1.82) is 0 Å². The van der Waals surface area contributed by atoms with E-state index in [9.17, 15) is 4.79 Å². The van der Waals surface area contributed by atoms with Gasteiger partial charge in [-0.05, 0) is 42.4 Å². The summed E-state index contributed by atoms with van der Waals surface area (Å²) in [6, 6.07) is 0. The zero-order valence-corrected chi connectivity index (χ0v) is 17.8. The summed E-state index contributed by atoms with van der Waals surface area (Å²) in [7, 11) is 0. The van der Waals surface area contributed by atoms with Gasteiger partial charge in [0.2, 0.25) is 5.91 Å². The normalized spacial score (nSPS) is 13.8. The van der Waals surface area contributed by atoms with Gasteiger partial charge in [-0.2, -0.15) is 0 Å². The van der Waals surface area contributed by atoms with Gasteiger partial charge in [-0.25, -0.2) is 0 Å². The molecule has 0 aromatic carbocycles. The highest BCUT2D eigenvalue weighted by Crippen LogP contribution is 2.26. The van der Waals surface area contributed by atoms with Crippen molar-refractivity contribution in [2.45, 2.75) is 113 Å². The zero-order chi connectivity index (χ0) is 18.6. The van der Waals surface area contributed by atoms with Crippen LogP contribution in [0.2, 0.25) is 0 Å². The molecule has 1 amide bonds. The average Bonchev–Trinajstić information content (AvgIpc) is 2.39. The highest BCUT2D eigenvalue weighted by molar-refractivity contribution is 5.75. The third-order valence-electron chi connectivity index (χ3n) is 4.49. The molecular weight excluding hydrogens is 294 g/mol. The lowest BCUT2D eigenvalue weighted by Gasteiger charge is -2.23. The Hall–Kier alpha value is -0.530. The van der Waals surface area contributed by atoms with Gasteiger partial charge >= 0.3 is 0 Å². The molecule has 0 aliphatic heterocycles. The van der Waals surface area contributed by atoms with Crippen LogP contribution in [0.25, 0.3) is 0 Å². The molecule has 0 aromatic heterocycles. The topological polar surface area (TPSA) is 29.1 Å². The fraction of sp³-hybridized carbons (Fsp3) is 0.955. The summed E-state index contributed by atoms with van der Waals surface area (Å²) in [5.41, 5.74) is 0.877. The molecule has 0 saturated carbocycles. The Bertz CT molecular complexity index is 322. The average molecular weight is 340 g/mol. The molecule has 1 unspecified atom stereocenters. The Morgan fingerprint density at radius 3 is 2.04 bits per heavy atom. The Morgan fingerprint density at radius 1 is 0.833 bits per heavy atom. The molecule has 0 bridgehead atoms. The minimum absolute atomic E-state index is 0.244. The van der Waals surface area contributed by atoms with Crippen LogP contribution in [-0.4, -0.2) is 12.5 Å². The van der Waals surface area contributed by atoms with Crippen molar-refractivity contribution >= 4 is 5.91 Å². The maximum Gasteiger partial charge on any atom is 0.219 e. The van der Waals surface area contributed by atoms with Crippen LogP contribution in [0.15, 0.2) is 0 Å². The summed E-state index contributed by atoms with van der Waals surface area (Å²) in [4.78, 5) is 11.8. The molecule has 0 saturated heterocycles. The van der Waals surface area contributed by atoms with Gasteiger partial charge in [-0.3, -0.25) is 4.79 Å². The zero-order valence-electron chi connectivity index (χ0n) is 17.8. The van der Waals surface area contributed by atoms with Crippen molar-refractivity contribution in [3.05, 3.63) is 0 Å². The van der Waals surface area contributed by atoms with E-state index in [0.717, 1.165) is 25.3 Å². The molecule has 0 rings (SSSR count). The molecule has 0 fully saturated rings. The third-order valence-corrected chi connectivity index (χ3v) is 4.49. The van der Waals surface area contributed by atoms with E-state index in [-0.39, 0.29) is 5.91 Å². The first-order valence-corrected chi connectivity index (χ1v) is 10.3. The summed E-state index contributed by atoms with van der Waals surface area (Å²) in [6.07, 6.45) is 11.7. The van der Waals surface area contributed by atoms with Gasteiger partial charge in [0.25, 0.3) is 0 Å². The van der Waals surface area contributed by atoms with E-state index in [1.165, 1.54) is 44.9 Å². The lowest BCUT2D eigenvalue weighted by atomic mass is 9.83. The molecule has 0 aromatic rings. The predicted molar refractivity (Wildman–Crippen MR) is 107 cm³/mol. The van der Waals surface area contributed by atoms with Gasteiger partial charge in [0, 0.05) is 13.0 Å². The smallest absolute Gasteiger partial charge is 0.219 e. The van der Waals surface area contributed by atoms with Crippen LogP contribution in [0.1, 0.15) is 113 Å². The Kier molecular flexibility index (Phi) is 11.7. The van der Waals surface area contributed by atoms with Crippen LogP contribution in [0, 0.1) is 16.7 Å². The first-order valence-electron chi connectivity index (χ1n) is 10.3. The molecule has 0 spiro atoms. The molecular formula is C22H45NO. The van der Waals surface area contributed by atoms with Gasteiger partial charge in [-0.15, -0.1) is 0 Å². The van der Waals surface area contributed by atoms with Crippen molar-refractivity contribution < 1.29 is 4.79 Å². The van der Waals surface area contributed by atoms with Gasteiger partial charge in [0.15, 0.2) is 0 Å². The van der Waals surface area contributed by atoms with Crippen molar-refractivity contribution in [2.24, 2.45) is 16.7 Å². The highest BCUT2D eigenvalue weighted by atomic mass is 16.1. The fourth-order valence-corrected chi connectivity index (χ4v) is 3.38. The SMILES string of the molecule is CC(CCCCNC(=O)CCCCCCC(C)(C)C)CC(C)(C)C. The summed E-state index contributed by atoms with van der Waals surface area (Å²) in [5.74, 6) is 1.03. The lowest BCUT2D eigenvalue weighted by Crippen LogP contribution is -2.24. The second-order valence-electron chi connectivity index (χ2n) is 10.2. The van der Waals surface area contributed by atoms with Crippen LogP contribution in [0.4, 0.5) is 0 Å². The minimum Gasteiger partial charge on any atom is -0.356 e. The van der Waals surface area contributed by atoms with E-state index < -0.39 is 0 Å². The summed E-state index contributed by atoms with van der Waals surface area (Å²) in [6.45, 7) is 17.0. The fourth-order valence-electron chi connectivity index (χ4n) is 3.38. The first-order chi connectivity index (χ1) is 11.0. The second-order valence-corrected chi connectivity index (χ2v) is 10.2. The molecule has 0 aliphatic carbocycles. The van der Waals surface area contributed by atoms with E-state index in [0.29, 0.717) is 17.3 Å². The largest absolute Gasteiger partial charge is 0.356 e. The molecule has 2 heteroatoms. The van der Waals surface area contributed by atoms with Crippen LogP contribution < -0.4 is 5.32 Å². The molecule has 2 nitrogen and oxygen atoms in total. The van der Waals surface area contributed by atoms with Crippen LogP contribution in [0.3, 0.4) is 0 Å². The molecule has 144 valence electrons. The van der Waals surface area contributed by atoms with E-state index in [4.69, 9.17) is 0 Å². The second kappa shape index (κ2) is 11.9. The van der Waals surface area contributed by atoms with E-state index in [1.807, 2.05) is 0 Å². The van der Waals surface area contributed by atoms with E-state index in [1.54, 1.807) is 0 Å². The van der Waals surface area contributed by atoms with Crippen LogP contribution in [0.5, 0.6) is 0 Å². The van der Waals surface area contributed by atoms with Crippen molar-refractivity contribution in [2.75, 3.05) is 6.54 Å². The lowest BCUT2D eigenvalue weighted by molar-refractivity contribution is -0.121. The third kappa shape index (κ3) is 17.8. The summed E-state index contributed by atoms with van der Waals surface area (Å²) < 4.78 is 0. The molecule has 1 N–H and O–H groups in total. The van der Waals surface area contributed by atoms with Gasteiger partial charge in [-0.1, -0.05) is 80.6 Å². The van der Waals surface area contributed by atoms with Crippen molar-refractivity contribution in [3.63, 3.8) is 0 Å². The quantitative estimate of drug-likeness (QED) is 0.392.